The SMILES string of the molecule is CC(O)(OP(O)O)OP(O)O. The Morgan fingerprint density at radius 2 is 1.27 bits per heavy atom. The van der Waals surface area contributed by atoms with Gasteiger partial charge < -0.3 is 24.7 Å². The average Bonchev–Trinajstić information content (AvgIpc) is 1.53. The molecule has 0 radical (unpaired) electrons. The molecule has 7 nitrogen and oxygen atoms in total. The molecule has 0 aromatic rings. The lowest BCUT2D eigenvalue weighted by Gasteiger charge is -2.22. The lowest BCUT2D eigenvalue weighted by atomic mass is 10.7. The molecule has 0 fully saturated rings. The first-order chi connectivity index (χ1) is 4.83. The van der Waals surface area contributed by atoms with E-state index in [-0.39, 0.29) is 0 Å². The third kappa shape index (κ3) is 6.96. The van der Waals surface area contributed by atoms with Crippen molar-refractivity contribution in [1.29, 1.82) is 0 Å². The molecule has 0 saturated carbocycles. The van der Waals surface area contributed by atoms with Crippen LogP contribution in [0.2, 0.25) is 0 Å². The Morgan fingerprint density at radius 1 is 1.00 bits per heavy atom. The summed E-state index contributed by atoms with van der Waals surface area (Å²) in [6, 6.07) is 0. The third-order valence-electron chi connectivity index (χ3n) is 0.502. The van der Waals surface area contributed by atoms with Crippen LogP contribution in [0.5, 0.6) is 0 Å². The quantitative estimate of drug-likeness (QED) is 0.299. The topological polar surface area (TPSA) is 120 Å². The molecule has 0 aliphatic carbocycles. The molecule has 68 valence electrons. The first kappa shape index (κ1) is 11.6. The van der Waals surface area contributed by atoms with Crippen molar-refractivity contribution in [3.05, 3.63) is 0 Å². The minimum atomic E-state index is -2.81. The molecule has 0 rings (SSSR count). The molecule has 0 unspecified atom stereocenters. The van der Waals surface area contributed by atoms with Crippen LogP contribution in [0, 0.1) is 0 Å². The van der Waals surface area contributed by atoms with Gasteiger partial charge in [0.1, 0.15) is 0 Å². The number of hydrogen-bond donors (Lipinski definition) is 5. The van der Waals surface area contributed by atoms with Crippen molar-refractivity contribution in [3.63, 3.8) is 0 Å². The molecule has 0 aliphatic rings. The maximum atomic E-state index is 8.80. The zero-order valence-corrected chi connectivity index (χ0v) is 7.24. The van der Waals surface area contributed by atoms with Crippen LogP contribution in [-0.2, 0) is 9.05 Å². The van der Waals surface area contributed by atoms with E-state index in [1.165, 1.54) is 0 Å². The van der Waals surface area contributed by atoms with Gasteiger partial charge in [-0.2, -0.15) is 0 Å². The molecule has 0 spiro atoms. The van der Waals surface area contributed by atoms with Gasteiger partial charge in [-0.25, -0.2) is 0 Å². The molecule has 0 aliphatic heterocycles. The third-order valence-corrected chi connectivity index (χ3v) is 1.51. The molecule has 0 bridgehead atoms. The second-order valence-electron chi connectivity index (χ2n) is 1.59. The van der Waals surface area contributed by atoms with Crippen molar-refractivity contribution < 1.29 is 33.7 Å². The van der Waals surface area contributed by atoms with E-state index in [1.807, 2.05) is 0 Å². The molecule has 5 N–H and O–H groups in total. The predicted octanol–water partition coefficient (Wildman–Crippen LogP) is -0.891. The maximum Gasteiger partial charge on any atom is 0.331 e. The number of rotatable bonds is 4. The summed E-state index contributed by atoms with van der Waals surface area (Å²) in [4.78, 5) is 32.8. The summed E-state index contributed by atoms with van der Waals surface area (Å²) in [6.45, 7) is 0.885. The molecule has 0 aromatic heterocycles. The molecule has 0 amide bonds. The van der Waals surface area contributed by atoms with Crippen LogP contribution in [0.4, 0.5) is 0 Å². The largest absolute Gasteiger partial charge is 0.343 e. The summed E-state index contributed by atoms with van der Waals surface area (Å²) in [6.07, 6.45) is 0. The van der Waals surface area contributed by atoms with E-state index in [1.54, 1.807) is 0 Å². The Balaban J connectivity index is 3.79. The van der Waals surface area contributed by atoms with E-state index in [0.29, 0.717) is 0 Å². The van der Waals surface area contributed by atoms with Gasteiger partial charge in [0.05, 0.1) is 0 Å². The first-order valence-corrected chi connectivity index (χ1v) is 4.63. The molecular weight excluding hydrogens is 198 g/mol. The van der Waals surface area contributed by atoms with Crippen LogP contribution >= 0.6 is 17.2 Å². The molecule has 9 heteroatoms. The van der Waals surface area contributed by atoms with E-state index in [4.69, 9.17) is 24.7 Å². The van der Waals surface area contributed by atoms with Crippen molar-refractivity contribution in [3.8, 4) is 0 Å². The van der Waals surface area contributed by atoms with Crippen molar-refractivity contribution in [1.82, 2.24) is 0 Å². The summed E-state index contributed by atoms with van der Waals surface area (Å²) in [5.41, 5.74) is 0. The van der Waals surface area contributed by atoms with Gasteiger partial charge in [-0.1, -0.05) is 0 Å². The van der Waals surface area contributed by atoms with Crippen LogP contribution in [-0.4, -0.2) is 30.7 Å². The maximum absolute atomic E-state index is 8.80. The van der Waals surface area contributed by atoms with Crippen LogP contribution in [0.3, 0.4) is 0 Å². The Morgan fingerprint density at radius 3 is 1.45 bits per heavy atom. The van der Waals surface area contributed by atoms with E-state index in [9.17, 15) is 0 Å². The molecule has 0 aromatic carbocycles. The van der Waals surface area contributed by atoms with E-state index < -0.39 is 23.2 Å². The summed E-state index contributed by atoms with van der Waals surface area (Å²) in [5, 5.41) is 8.80. The molecule has 11 heavy (non-hydrogen) atoms. The predicted molar refractivity (Wildman–Crippen MR) is 35.5 cm³/mol. The Hall–Kier alpha value is 0.580. The highest BCUT2D eigenvalue weighted by atomic mass is 31.2. The van der Waals surface area contributed by atoms with Gasteiger partial charge in [0.25, 0.3) is 5.97 Å². The zero-order valence-electron chi connectivity index (χ0n) is 5.45. The van der Waals surface area contributed by atoms with E-state index in [0.717, 1.165) is 6.92 Å². The van der Waals surface area contributed by atoms with Gasteiger partial charge in [-0.3, -0.25) is 9.05 Å². The van der Waals surface area contributed by atoms with Gasteiger partial charge >= 0.3 is 17.2 Å². The van der Waals surface area contributed by atoms with Crippen molar-refractivity contribution in [2.45, 2.75) is 12.9 Å². The fourth-order valence-corrected chi connectivity index (χ4v) is 1.06. The van der Waals surface area contributed by atoms with E-state index >= 15 is 0 Å². The number of hydrogen-bond acceptors (Lipinski definition) is 7. The molecule has 0 heterocycles. The van der Waals surface area contributed by atoms with E-state index in [2.05, 4.69) is 9.05 Å². The molecular formula is C2H8O7P2. The Labute approximate surface area is 64.8 Å². The van der Waals surface area contributed by atoms with Gasteiger partial charge in [-0.05, 0) is 0 Å². The highest BCUT2D eigenvalue weighted by molar-refractivity contribution is 7.40. The summed E-state index contributed by atoms with van der Waals surface area (Å²) in [5.74, 6) is -2.40. The first-order valence-electron chi connectivity index (χ1n) is 2.30. The van der Waals surface area contributed by atoms with Gasteiger partial charge in [0.2, 0.25) is 0 Å². The second-order valence-corrected chi connectivity index (χ2v) is 2.96. The standard InChI is InChI=1S/C2H8O7P2/c1-2(3,8-10(4)5)9-11(6)7/h3-7H,1H3. The van der Waals surface area contributed by atoms with Crippen LogP contribution < -0.4 is 0 Å². The van der Waals surface area contributed by atoms with Gasteiger partial charge in [0, 0.05) is 6.92 Å². The zero-order chi connectivity index (χ0) is 9.07. The normalized spacial score (nSPS) is 13.1. The van der Waals surface area contributed by atoms with Crippen molar-refractivity contribution in [2.24, 2.45) is 0 Å². The van der Waals surface area contributed by atoms with Crippen LogP contribution in [0.25, 0.3) is 0 Å². The Kier molecular flexibility index (Phi) is 4.81. The minimum absolute atomic E-state index is 0.885. The molecule has 0 saturated heterocycles. The minimum Gasteiger partial charge on any atom is -0.343 e. The number of aliphatic hydroxyl groups is 1. The summed E-state index contributed by atoms with van der Waals surface area (Å²) < 4.78 is 7.91. The van der Waals surface area contributed by atoms with Gasteiger partial charge in [0.15, 0.2) is 0 Å². The highest BCUT2D eigenvalue weighted by Gasteiger charge is 2.29. The van der Waals surface area contributed by atoms with Crippen molar-refractivity contribution in [2.75, 3.05) is 0 Å². The summed E-state index contributed by atoms with van der Waals surface area (Å²) >= 11 is 0. The fourth-order valence-electron chi connectivity index (χ4n) is 0.320. The van der Waals surface area contributed by atoms with Crippen molar-refractivity contribution >= 4 is 17.2 Å². The van der Waals surface area contributed by atoms with Crippen LogP contribution in [0.15, 0.2) is 0 Å². The lowest BCUT2D eigenvalue weighted by molar-refractivity contribution is -0.264. The van der Waals surface area contributed by atoms with Crippen LogP contribution in [0.1, 0.15) is 6.92 Å². The Bertz CT molecular complexity index is 101. The smallest absolute Gasteiger partial charge is 0.331 e. The highest BCUT2D eigenvalue weighted by Crippen LogP contribution is 2.38. The average molecular weight is 206 g/mol. The monoisotopic (exact) mass is 206 g/mol. The fraction of sp³-hybridized carbons (Fsp3) is 1.00. The lowest BCUT2D eigenvalue weighted by Crippen LogP contribution is -2.27. The van der Waals surface area contributed by atoms with Gasteiger partial charge in [-0.15, -0.1) is 0 Å². The second kappa shape index (κ2) is 4.57. The summed E-state index contributed by atoms with van der Waals surface area (Å²) in [7, 11) is -5.61. The molecule has 0 atom stereocenters.